The van der Waals surface area contributed by atoms with Crippen LogP contribution in [0.25, 0.3) is 0 Å². The van der Waals surface area contributed by atoms with Crippen molar-refractivity contribution in [3.05, 3.63) is 53.7 Å². The SMILES string of the molecule is COc1cc(N2CCC(N3CCN(C(=O)NC(C)C)CC3)CC2)ccc1Nc1ncc(Cl)c(Nc2ccccc2P(C)(C)=O)n1. The van der Waals surface area contributed by atoms with E-state index in [0.717, 1.165) is 68.8 Å². The largest absolute Gasteiger partial charge is 0.494 e. The van der Waals surface area contributed by atoms with Crippen LogP contribution in [0.15, 0.2) is 48.7 Å². The lowest BCUT2D eigenvalue weighted by Crippen LogP contribution is -2.56. The molecule has 13 heteroatoms. The molecule has 2 aliphatic rings. The summed E-state index contributed by atoms with van der Waals surface area (Å²) in [5, 5.41) is 10.6. The molecule has 242 valence electrons. The van der Waals surface area contributed by atoms with Crippen molar-refractivity contribution in [3.8, 4) is 5.75 Å². The zero-order valence-electron chi connectivity index (χ0n) is 26.7. The lowest BCUT2D eigenvalue weighted by atomic mass is 10.0. The Morgan fingerprint density at radius 1 is 1.00 bits per heavy atom. The minimum Gasteiger partial charge on any atom is -0.494 e. The highest BCUT2D eigenvalue weighted by Crippen LogP contribution is 2.39. The zero-order valence-corrected chi connectivity index (χ0v) is 28.4. The lowest BCUT2D eigenvalue weighted by Gasteiger charge is -2.43. The minimum atomic E-state index is -2.52. The molecule has 3 heterocycles. The van der Waals surface area contributed by atoms with E-state index in [1.807, 2.05) is 55.1 Å². The molecule has 0 atom stereocenters. The number of nitrogens with zero attached hydrogens (tertiary/aromatic N) is 5. The first kappa shape index (κ1) is 32.9. The predicted molar refractivity (Wildman–Crippen MR) is 184 cm³/mol. The smallest absolute Gasteiger partial charge is 0.317 e. The van der Waals surface area contributed by atoms with Crippen LogP contribution in [-0.2, 0) is 4.57 Å². The maximum absolute atomic E-state index is 12.8. The van der Waals surface area contributed by atoms with E-state index >= 15 is 0 Å². The number of halogens is 1. The van der Waals surface area contributed by atoms with Crippen molar-refractivity contribution in [1.29, 1.82) is 0 Å². The van der Waals surface area contributed by atoms with E-state index in [1.165, 1.54) is 6.20 Å². The van der Waals surface area contributed by atoms with E-state index in [2.05, 4.69) is 41.8 Å². The van der Waals surface area contributed by atoms with Crippen LogP contribution in [-0.4, -0.2) is 97.6 Å². The number of benzene rings is 2. The van der Waals surface area contributed by atoms with Crippen molar-refractivity contribution in [2.24, 2.45) is 0 Å². The quantitative estimate of drug-likeness (QED) is 0.255. The van der Waals surface area contributed by atoms with Crippen molar-refractivity contribution in [3.63, 3.8) is 0 Å². The van der Waals surface area contributed by atoms with Gasteiger partial charge in [0, 0.05) is 68.4 Å². The molecule has 3 N–H and O–H groups in total. The highest BCUT2D eigenvalue weighted by molar-refractivity contribution is 7.70. The molecule has 0 spiro atoms. The predicted octanol–water partition coefficient (Wildman–Crippen LogP) is 5.58. The second kappa shape index (κ2) is 14.3. The second-order valence-corrected chi connectivity index (χ2v) is 15.8. The number of anilines is 5. The van der Waals surface area contributed by atoms with Gasteiger partial charge in [0.2, 0.25) is 5.95 Å². The Bertz CT molecular complexity index is 1530. The molecule has 11 nitrogen and oxygen atoms in total. The number of urea groups is 1. The molecule has 0 saturated carbocycles. The monoisotopic (exact) mass is 654 g/mol. The Morgan fingerprint density at radius 2 is 1.71 bits per heavy atom. The number of ether oxygens (including phenoxy) is 1. The maximum Gasteiger partial charge on any atom is 0.317 e. The number of nitrogens with one attached hydrogen (secondary N) is 3. The third-order valence-corrected chi connectivity index (χ3v) is 10.1. The van der Waals surface area contributed by atoms with Gasteiger partial charge in [-0.1, -0.05) is 23.7 Å². The minimum absolute atomic E-state index is 0.0397. The van der Waals surface area contributed by atoms with Gasteiger partial charge in [-0.05, 0) is 64.3 Å². The molecule has 0 aliphatic carbocycles. The number of piperidine rings is 1. The van der Waals surface area contributed by atoms with E-state index < -0.39 is 7.14 Å². The summed E-state index contributed by atoms with van der Waals surface area (Å²) in [7, 11) is -0.874. The van der Waals surface area contributed by atoms with Crippen molar-refractivity contribution < 1.29 is 14.1 Å². The first-order valence-corrected chi connectivity index (χ1v) is 18.4. The molecule has 2 aliphatic heterocycles. The Kier molecular flexibility index (Phi) is 10.4. The Labute approximate surface area is 271 Å². The zero-order chi connectivity index (χ0) is 32.1. The number of piperazine rings is 1. The Morgan fingerprint density at radius 3 is 2.38 bits per heavy atom. The van der Waals surface area contributed by atoms with Gasteiger partial charge in [0.05, 0.1) is 24.7 Å². The van der Waals surface area contributed by atoms with Crippen molar-refractivity contribution in [2.45, 2.75) is 38.8 Å². The van der Waals surface area contributed by atoms with Crippen LogP contribution in [0.2, 0.25) is 5.02 Å². The Hall–Kier alpha value is -3.53. The summed E-state index contributed by atoms with van der Waals surface area (Å²) in [5.74, 6) is 1.44. The maximum atomic E-state index is 12.8. The van der Waals surface area contributed by atoms with Gasteiger partial charge < -0.3 is 35.1 Å². The average Bonchev–Trinajstić information content (AvgIpc) is 3.02. The molecular weight excluding hydrogens is 611 g/mol. The summed E-state index contributed by atoms with van der Waals surface area (Å²) in [6, 6.07) is 14.3. The number of hydrogen-bond donors (Lipinski definition) is 3. The lowest BCUT2D eigenvalue weighted by molar-refractivity contribution is 0.0960. The summed E-state index contributed by atoms with van der Waals surface area (Å²) >= 11 is 6.44. The van der Waals surface area contributed by atoms with E-state index in [9.17, 15) is 9.36 Å². The normalized spacial score (nSPS) is 16.5. The fourth-order valence-electron chi connectivity index (χ4n) is 5.91. The molecule has 2 saturated heterocycles. The molecule has 0 radical (unpaired) electrons. The molecular formula is C32H44ClN8O3P. The number of carbonyl (C=O) groups is 1. The van der Waals surface area contributed by atoms with Crippen molar-refractivity contribution >= 4 is 58.9 Å². The molecule has 3 aromatic rings. The van der Waals surface area contributed by atoms with Crippen molar-refractivity contribution in [1.82, 2.24) is 25.1 Å². The number of methoxy groups -OCH3 is 1. The summed E-state index contributed by atoms with van der Waals surface area (Å²) in [6.07, 6.45) is 3.68. The van der Waals surface area contributed by atoms with E-state index in [1.54, 1.807) is 20.4 Å². The van der Waals surface area contributed by atoms with E-state index in [4.69, 9.17) is 16.3 Å². The fraction of sp³-hybridized carbons (Fsp3) is 0.469. The number of para-hydroxylation sites is 1. The number of rotatable bonds is 9. The van der Waals surface area contributed by atoms with E-state index in [0.29, 0.717) is 34.3 Å². The summed E-state index contributed by atoms with van der Waals surface area (Å²) in [6.45, 7) is 12.7. The average molecular weight is 655 g/mol. The number of aromatic nitrogens is 2. The van der Waals surface area contributed by atoms with E-state index in [-0.39, 0.29) is 12.1 Å². The molecule has 45 heavy (non-hydrogen) atoms. The fourth-order valence-corrected chi connectivity index (χ4v) is 7.20. The molecule has 2 fully saturated rings. The van der Waals surface area contributed by atoms with Crippen LogP contribution in [0, 0.1) is 0 Å². The van der Waals surface area contributed by atoms with Gasteiger partial charge in [0.1, 0.15) is 17.9 Å². The highest BCUT2D eigenvalue weighted by Gasteiger charge is 2.29. The van der Waals surface area contributed by atoms with Gasteiger partial charge >= 0.3 is 6.03 Å². The summed E-state index contributed by atoms with van der Waals surface area (Å²) in [5.41, 5.74) is 2.53. The third-order valence-electron chi connectivity index (χ3n) is 8.27. The van der Waals surface area contributed by atoms with Gasteiger partial charge in [-0.2, -0.15) is 4.98 Å². The molecule has 0 bridgehead atoms. The standard InChI is InChI=1S/C32H44ClN8O3P/c1-22(2)35-32(42)41-18-16-40(17-19-41)23-12-14-39(15-13-23)24-10-11-26(28(20-24)44-3)37-31-34-21-25(33)30(38-31)36-27-8-6-7-9-29(27)45(4,5)43/h6-11,20-23H,12-19H2,1-5H3,(H,35,42)(H2,34,36,37,38). The van der Waals surface area contributed by atoms with Crippen LogP contribution in [0.3, 0.4) is 0 Å². The summed E-state index contributed by atoms with van der Waals surface area (Å²) in [4.78, 5) is 28.2. The summed E-state index contributed by atoms with van der Waals surface area (Å²) < 4.78 is 18.6. The van der Waals surface area contributed by atoms with Crippen LogP contribution < -0.4 is 30.9 Å². The van der Waals surface area contributed by atoms with Crippen LogP contribution in [0.5, 0.6) is 5.75 Å². The Balaban J connectivity index is 1.20. The molecule has 2 aromatic carbocycles. The van der Waals surface area contributed by atoms with Gasteiger partial charge in [-0.25, -0.2) is 9.78 Å². The number of carbonyl (C=O) groups excluding carboxylic acids is 1. The molecule has 0 unspecified atom stereocenters. The van der Waals surface area contributed by atoms with Gasteiger partial charge in [-0.3, -0.25) is 4.90 Å². The van der Waals surface area contributed by atoms with Gasteiger partial charge in [0.25, 0.3) is 0 Å². The third kappa shape index (κ3) is 8.20. The number of amides is 2. The van der Waals surface area contributed by atoms with Gasteiger partial charge in [0.15, 0.2) is 5.82 Å². The molecule has 1 aromatic heterocycles. The first-order valence-electron chi connectivity index (χ1n) is 15.5. The molecule has 2 amide bonds. The number of hydrogen-bond acceptors (Lipinski definition) is 9. The second-order valence-electron chi connectivity index (χ2n) is 12.2. The van der Waals surface area contributed by atoms with Crippen LogP contribution >= 0.6 is 18.7 Å². The molecule has 5 rings (SSSR count). The van der Waals surface area contributed by atoms with Crippen molar-refractivity contribution in [2.75, 3.05) is 75.2 Å². The highest BCUT2D eigenvalue weighted by atomic mass is 35.5. The van der Waals surface area contributed by atoms with Crippen LogP contribution in [0.4, 0.5) is 33.6 Å². The topological polar surface area (TPSA) is 115 Å². The first-order chi connectivity index (χ1) is 21.5. The van der Waals surface area contributed by atoms with Crippen LogP contribution in [0.1, 0.15) is 26.7 Å². The van der Waals surface area contributed by atoms with Gasteiger partial charge in [-0.15, -0.1) is 0 Å².